The van der Waals surface area contributed by atoms with E-state index in [-0.39, 0.29) is 19.1 Å². The standard InChI is InChI=1S/C28H36N2O9.C7H10NO3P/c1-16(2)23(30(35-5)19-11-13-20(34-4)14-12-19)27(33)38-25-22(29-17(3)31)26(32)37-21-15-36-28(39-24(21)25)18-9-7-6-8-10-18;8-12(9,10)11-6-7-4-2-1-3-5-7/h6-14,16,21-26,28,32H,15H2,1-5H3,(H,29,31);1-5H,6H2,(H3,8,9,10)/t21-,22-,23+,24-,25-,26?,28?;/m1./s1. The van der Waals surface area contributed by atoms with Crippen molar-refractivity contribution in [1.29, 1.82) is 0 Å². The van der Waals surface area contributed by atoms with E-state index >= 15 is 0 Å². The number of ether oxygens (including phenoxy) is 5. The highest BCUT2D eigenvalue weighted by atomic mass is 31.2. The van der Waals surface area contributed by atoms with Gasteiger partial charge >= 0.3 is 13.7 Å². The average molecular weight is 732 g/mol. The molecule has 3 aromatic rings. The summed E-state index contributed by atoms with van der Waals surface area (Å²) in [5, 5.41) is 14.9. The van der Waals surface area contributed by atoms with Crippen LogP contribution in [0.25, 0.3) is 0 Å². The lowest BCUT2D eigenvalue weighted by Crippen LogP contribution is -2.67. The van der Waals surface area contributed by atoms with Crippen LogP contribution in [0.5, 0.6) is 5.75 Å². The number of amides is 1. The first-order valence-electron chi connectivity index (χ1n) is 16.2. The molecule has 2 aliphatic rings. The van der Waals surface area contributed by atoms with Gasteiger partial charge in [-0.15, -0.1) is 0 Å². The number of nitrogens with zero attached hydrogens (tertiary/aromatic N) is 1. The molecule has 8 atom stereocenters. The van der Waals surface area contributed by atoms with Crippen molar-refractivity contribution in [3.63, 3.8) is 0 Å². The Morgan fingerprint density at radius 2 is 1.63 bits per heavy atom. The SMILES string of the molecule is COc1ccc(N(OC)[C@H](C(=O)O[C@H]2[C@@H]3OC(c4ccccc4)OC[C@H]3OC(O)[C@@H]2NC(C)=O)C(C)C)cc1.NP(=O)(O)OCc1ccccc1. The van der Waals surface area contributed by atoms with Gasteiger partial charge in [0.05, 0.1) is 33.1 Å². The van der Waals surface area contributed by atoms with Gasteiger partial charge in [0, 0.05) is 12.5 Å². The molecule has 0 spiro atoms. The minimum absolute atomic E-state index is 0.0606. The van der Waals surface area contributed by atoms with Gasteiger partial charge < -0.3 is 39.0 Å². The molecule has 1 amide bonds. The first-order chi connectivity index (χ1) is 24.3. The maximum Gasteiger partial charge on any atom is 0.400 e. The Bertz CT molecular complexity index is 1580. The summed E-state index contributed by atoms with van der Waals surface area (Å²) in [5.41, 5.74) is 6.98. The molecule has 0 bridgehead atoms. The zero-order chi connectivity index (χ0) is 37.1. The zero-order valence-electron chi connectivity index (χ0n) is 29.1. The van der Waals surface area contributed by atoms with Gasteiger partial charge in [-0.3, -0.25) is 14.2 Å². The van der Waals surface area contributed by atoms with E-state index < -0.39 is 62.6 Å². The largest absolute Gasteiger partial charge is 0.497 e. The predicted octanol–water partition coefficient (Wildman–Crippen LogP) is 3.60. The molecule has 278 valence electrons. The molecular formula is C35H46N3O12P. The van der Waals surface area contributed by atoms with Gasteiger partial charge in [-0.05, 0) is 35.7 Å². The van der Waals surface area contributed by atoms with Crippen molar-refractivity contribution in [1.82, 2.24) is 5.32 Å². The number of esters is 1. The van der Waals surface area contributed by atoms with E-state index in [1.165, 1.54) is 19.1 Å². The minimum Gasteiger partial charge on any atom is -0.497 e. The number of anilines is 1. The number of nitrogens with two attached hydrogens (primary N) is 1. The monoisotopic (exact) mass is 731 g/mol. The second kappa shape index (κ2) is 18.6. The highest BCUT2D eigenvalue weighted by Gasteiger charge is 2.52. The van der Waals surface area contributed by atoms with Gasteiger partial charge in [-0.25, -0.2) is 19.9 Å². The Morgan fingerprint density at radius 1 is 1.00 bits per heavy atom. The number of aliphatic hydroxyl groups excluding tert-OH is 1. The predicted molar refractivity (Wildman–Crippen MR) is 185 cm³/mol. The third-order valence-electron chi connectivity index (χ3n) is 7.96. The number of rotatable bonds is 12. The van der Waals surface area contributed by atoms with Crippen LogP contribution < -0.4 is 20.6 Å². The van der Waals surface area contributed by atoms with Crippen molar-refractivity contribution in [2.45, 2.75) is 70.4 Å². The van der Waals surface area contributed by atoms with E-state index in [9.17, 15) is 19.3 Å². The van der Waals surface area contributed by atoms with Crippen LogP contribution >= 0.6 is 7.75 Å². The van der Waals surface area contributed by atoms with Crippen LogP contribution in [-0.2, 0) is 49.1 Å². The van der Waals surface area contributed by atoms with Gasteiger partial charge in [0.15, 0.2) is 24.7 Å². The number of hydrogen-bond acceptors (Lipinski definition) is 12. The Labute approximate surface area is 297 Å². The van der Waals surface area contributed by atoms with Crippen LogP contribution in [0.1, 0.15) is 38.2 Å². The fourth-order valence-electron chi connectivity index (χ4n) is 5.59. The van der Waals surface area contributed by atoms with Gasteiger partial charge in [0.2, 0.25) is 5.91 Å². The number of nitrogens with one attached hydrogen (secondary N) is 1. The molecule has 0 radical (unpaired) electrons. The lowest BCUT2D eigenvalue weighted by atomic mass is 9.95. The molecular weight excluding hydrogens is 685 g/mol. The molecule has 15 nitrogen and oxygen atoms in total. The summed E-state index contributed by atoms with van der Waals surface area (Å²) in [4.78, 5) is 40.1. The normalized spacial score (nSPS) is 24.5. The minimum atomic E-state index is -3.83. The summed E-state index contributed by atoms with van der Waals surface area (Å²) < 4.78 is 44.1. The number of aliphatic hydroxyl groups is 1. The molecule has 3 unspecified atom stereocenters. The molecule has 5 rings (SSSR count). The highest BCUT2D eigenvalue weighted by Crippen LogP contribution is 2.36. The Hall–Kier alpha value is -3.89. The summed E-state index contributed by atoms with van der Waals surface area (Å²) in [6, 6.07) is 23.5. The fraction of sp³-hybridized carbons (Fsp3) is 0.429. The zero-order valence-corrected chi connectivity index (χ0v) is 30.0. The van der Waals surface area contributed by atoms with Crippen molar-refractivity contribution >= 4 is 25.3 Å². The molecule has 0 saturated carbocycles. The molecule has 3 aromatic carbocycles. The number of methoxy groups -OCH3 is 1. The number of hydroxylamine groups is 1. The van der Waals surface area contributed by atoms with E-state index in [1.807, 2.05) is 62.4 Å². The number of carbonyl (C=O) groups is 2. The maximum absolute atomic E-state index is 13.8. The highest BCUT2D eigenvalue weighted by molar-refractivity contribution is 7.50. The van der Waals surface area contributed by atoms with Crippen LogP contribution in [0.3, 0.4) is 0 Å². The summed E-state index contributed by atoms with van der Waals surface area (Å²) in [6.45, 7) is 5.19. The quantitative estimate of drug-likeness (QED) is 0.120. The van der Waals surface area contributed by atoms with Crippen LogP contribution in [0.4, 0.5) is 5.69 Å². The molecule has 2 aliphatic heterocycles. The van der Waals surface area contributed by atoms with E-state index in [4.69, 9.17) is 38.9 Å². The van der Waals surface area contributed by atoms with Crippen molar-refractivity contribution in [2.75, 3.05) is 25.9 Å². The van der Waals surface area contributed by atoms with Crippen LogP contribution in [0, 0.1) is 5.92 Å². The van der Waals surface area contributed by atoms with Gasteiger partial charge in [0.25, 0.3) is 0 Å². The maximum atomic E-state index is 13.8. The molecule has 2 heterocycles. The van der Waals surface area contributed by atoms with E-state index in [2.05, 4.69) is 9.84 Å². The lowest BCUT2D eigenvalue weighted by molar-refractivity contribution is -0.339. The molecule has 0 aromatic heterocycles. The Balaban J connectivity index is 0.000000411. The molecule has 16 heteroatoms. The first kappa shape index (κ1) is 39.9. The van der Waals surface area contributed by atoms with Crippen LogP contribution in [0.15, 0.2) is 84.9 Å². The van der Waals surface area contributed by atoms with E-state index in [0.29, 0.717) is 11.4 Å². The molecule has 5 N–H and O–H groups in total. The summed E-state index contributed by atoms with van der Waals surface area (Å²) in [5.74, 6) is -0.635. The molecule has 51 heavy (non-hydrogen) atoms. The number of fused-ring (bicyclic) bond motifs is 1. The smallest absolute Gasteiger partial charge is 0.400 e. The topological polar surface area (TPSA) is 198 Å². The third-order valence-corrected chi connectivity index (χ3v) is 8.46. The number of carbonyl (C=O) groups excluding carboxylic acids is 2. The molecule has 2 saturated heterocycles. The van der Waals surface area contributed by atoms with E-state index in [0.717, 1.165) is 11.1 Å². The number of benzene rings is 3. The Kier molecular flexibility index (Phi) is 14.5. The summed E-state index contributed by atoms with van der Waals surface area (Å²) in [7, 11) is -0.797. The van der Waals surface area contributed by atoms with Crippen molar-refractivity contribution in [3.8, 4) is 5.75 Å². The Morgan fingerprint density at radius 3 is 2.18 bits per heavy atom. The number of hydrogen-bond donors (Lipinski definition) is 4. The van der Waals surface area contributed by atoms with Crippen molar-refractivity contribution < 1.29 is 57.2 Å². The van der Waals surface area contributed by atoms with Crippen LogP contribution in [0.2, 0.25) is 0 Å². The third kappa shape index (κ3) is 11.3. The summed E-state index contributed by atoms with van der Waals surface area (Å²) in [6.07, 6.45) is -4.85. The van der Waals surface area contributed by atoms with Gasteiger partial charge in [-0.2, -0.15) is 0 Å². The van der Waals surface area contributed by atoms with Crippen molar-refractivity contribution in [2.24, 2.45) is 11.4 Å². The van der Waals surface area contributed by atoms with E-state index in [1.54, 1.807) is 43.5 Å². The second-order valence-corrected chi connectivity index (χ2v) is 13.5. The lowest BCUT2D eigenvalue weighted by Gasteiger charge is -2.48. The molecule has 0 aliphatic carbocycles. The van der Waals surface area contributed by atoms with Gasteiger partial charge in [-0.1, -0.05) is 74.5 Å². The average Bonchev–Trinajstić information content (AvgIpc) is 3.11. The first-order valence-corrected chi connectivity index (χ1v) is 17.9. The fourth-order valence-corrected chi connectivity index (χ4v) is 5.92. The van der Waals surface area contributed by atoms with Crippen molar-refractivity contribution in [3.05, 3.63) is 96.1 Å². The second-order valence-electron chi connectivity index (χ2n) is 12.1. The summed E-state index contributed by atoms with van der Waals surface area (Å²) >= 11 is 0. The van der Waals surface area contributed by atoms with Gasteiger partial charge in [0.1, 0.15) is 24.0 Å². The molecule has 2 fully saturated rings. The van der Waals surface area contributed by atoms with Crippen LogP contribution in [-0.4, -0.2) is 79.4 Å².